The Hall–Kier alpha value is -0.840. The van der Waals surface area contributed by atoms with E-state index in [0.29, 0.717) is 10.6 Å². The molecule has 2 N–H and O–H groups in total. The van der Waals surface area contributed by atoms with Crippen LogP contribution in [0, 0.1) is 10.1 Å². The summed E-state index contributed by atoms with van der Waals surface area (Å²) in [6.07, 6.45) is 3.91. The number of halogens is 2. The highest BCUT2D eigenvalue weighted by atomic mass is 35.5. The average molecular weight is 293 g/mol. The van der Waals surface area contributed by atoms with E-state index in [-0.39, 0.29) is 24.1 Å². The van der Waals surface area contributed by atoms with Crippen LogP contribution < -0.4 is 5.73 Å². The molecule has 1 rings (SSSR count). The number of nitrogens with two attached hydrogens (primary N) is 1. The van der Waals surface area contributed by atoms with E-state index in [1.165, 1.54) is 12.1 Å². The highest BCUT2D eigenvalue weighted by Crippen LogP contribution is 2.29. The number of hydrogen-bond acceptors (Lipinski definition) is 3. The Morgan fingerprint density at radius 2 is 2.11 bits per heavy atom. The summed E-state index contributed by atoms with van der Waals surface area (Å²) in [5, 5.41) is 11.4. The lowest BCUT2D eigenvalue weighted by molar-refractivity contribution is -0.385. The van der Waals surface area contributed by atoms with Crippen molar-refractivity contribution in [3.8, 4) is 0 Å². The van der Waals surface area contributed by atoms with Gasteiger partial charge in [0.25, 0.3) is 5.69 Å². The van der Waals surface area contributed by atoms with Gasteiger partial charge in [-0.25, -0.2) is 0 Å². The van der Waals surface area contributed by atoms with Gasteiger partial charge in [-0.15, -0.1) is 12.4 Å². The van der Waals surface area contributed by atoms with Crippen LogP contribution in [0.2, 0.25) is 5.02 Å². The molecule has 0 amide bonds. The fraction of sp³-hybridized carbons (Fsp3) is 0.500. The maximum Gasteiger partial charge on any atom is 0.274 e. The van der Waals surface area contributed by atoms with Crippen LogP contribution in [0.5, 0.6) is 0 Å². The third-order valence-corrected chi connectivity index (χ3v) is 2.94. The summed E-state index contributed by atoms with van der Waals surface area (Å²) in [5.74, 6) is 0. The Morgan fingerprint density at radius 1 is 1.44 bits per heavy atom. The fourth-order valence-electron chi connectivity index (χ4n) is 1.76. The van der Waals surface area contributed by atoms with E-state index in [4.69, 9.17) is 17.3 Å². The van der Waals surface area contributed by atoms with Crippen LogP contribution in [0.3, 0.4) is 0 Å². The zero-order valence-electron chi connectivity index (χ0n) is 10.3. The van der Waals surface area contributed by atoms with Gasteiger partial charge >= 0.3 is 0 Å². The van der Waals surface area contributed by atoms with E-state index in [1.807, 2.05) is 0 Å². The highest BCUT2D eigenvalue weighted by molar-refractivity contribution is 6.30. The molecule has 0 aliphatic rings. The molecule has 0 radical (unpaired) electrons. The molecule has 0 aliphatic carbocycles. The van der Waals surface area contributed by atoms with Crippen molar-refractivity contribution in [2.24, 2.45) is 5.73 Å². The number of benzene rings is 1. The zero-order chi connectivity index (χ0) is 12.8. The van der Waals surface area contributed by atoms with Crippen LogP contribution in [0.4, 0.5) is 5.69 Å². The lowest BCUT2D eigenvalue weighted by Crippen LogP contribution is -2.12. The number of nitrogens with zero attached hydrogens (tertiary/aromatic N) is 1. The third-order valence-electron chi connectivity index (χ3n) is 2.70. The smallest absolute Gasteiger partial charge is 0.274 e. The first-order valence-electron chi connectivity index (χ1n) is 5.75. The van der Waals surface area contributed by atoms with Gasteiger partial charge in [0.05, 0.1) is 4.92 Å². The quantitative estimate of drug-likeness (QED) is 0.484. The minimum atomic E-state index is -0.411. The molecule has 0 bridgehead atoms. The zero-order valence-corrected chi connectivity index (χ0v) is 11.8. The van der Waals surface area contributed by atoms with Crippen LogP contribution in [0.1, 0.15) is 44.2 Å². The van der Waals surface area contributed by atoms with Gasteiger partial charge in [0.15, 0.2) is 0 Å². The van der Waals surface area contributed by atoms with Gasteiger partial charge in [-0.05, 0) is 18.6 Å². The molecule has 0 heterocycles. The van der Waals surface area contributed by atoms with Crippen LogP contribution in [0.25, 0.3) is 0 Å². The lowest BCUT2D eigenvalue weighted by Gasteiger charge is -2.12. The second-order valence-corrected chi connectivity index (χ2v) is 4.50. The molecular weight excluding hydrogens is 275 g/mol. The number of rotatable bonds is 6. The summed E-state index contributed by atoms with van der Waals surface area (Å²) in [4.78, 5) is 10.5. The highest BCUT2D eigenvalue weighted by Gasteiger charge is 2.19. The normalized spacial score (nSPS) is 11.7. The van der Waals surface area contributed by atoms with Crippen LogP contribution in [-0.4, -0.2) is 4.92 Å². The number of unbranched alkanes of at least 4 members (excludes halogenated alkanes) is 2. The van der Waals surface area contributed by atoms with Crippen molar-refractivity contribution in [3.63, 3.8) is 0 Å². The van der Waals surface area contributed by atoms with Gasteiger partial charge in [-0.1, -0.05) is 37.8 Å². The van der Waals surface area contributed by atoms with Crippen molar-refractivity contribution in [3.05, 3.63) is 38.9 Å². The molecule has 0 saturated heterocycles. The van der Waals surface area contributed by atoms with Gasteiger partial charge in [-0.2, -0.15) is 0 Å². The Balaban J connectivity index is 0.00000289. The second-order valence-electron chi connectivity index (χ2n) is 4.06. The maximum absolute atomic E-state index is 10.9. The maximum atomic E-state index is 10.9. The van der Waals surface area contributed by atoms with E-state index >= 15 is 0 Å². The molecule has 0 aromatic heterocycles. The molecule has 0 unspecified atom stereocenters. The van der Waals surface area contributed by atoms with Gasteiger partial charge in [0.1, 0.15) is 0 Å². The van der Waals surface area contributed by atoms with E-state index in [1.54, 1.807) is 6.07 Å². The first-order valence-corrected chi connectivity index (χ1v) is 6.13. The number of nitro groups is 1. The molecule has 6 heteroatoms. The molecule has 0 saturated carbocycles. The van der Waals surface area contributed by atoms with Gasteiger partial charge in [0, 0.05) is 22.7 Å². The molecule has 0 aliphatic heterocycles. The monoisotopic (exact) mass is 292 g/mol. The van der Waals surface area contributed by atoms with E-state index in [2.05, 4.69) is 6.92 Å². The molecule has 1 aromatic carbocycles. The van der Waals surface area contributed by atoms with Crippen LogP contribution >= 0.6 is 24.0 Å². The molecule has 18 heavy (non-hydrogen) atoms. The summed E-state index contributed by atoms with van der Waals surface area (Å²) in [7, 11) is 0. The summed E-state index contributed by atoms with van der Waals surface area (Å²) in [6.45, 7) is 2.10. The molecular formula is C12H18Cl2N2O2. The summed E-state index contributed by atoms with van der Waals surface area (Å²) in [6, 6.07) is 4.20. The molecule has 0 spiro atoms. The van der Waals surface area contributed by atoms with Crippen molar-refractivity contribution in [2.45, 2.75) is 38.6 Å². The SMILES string of the molecule is CCCCC[C@@H](N)c1cc(Cl)ccc1[N+](=O)[O-].Cl. The summed E-state index contributed by atoms with van der Waals surface area (Å²) >= 11 is 5.85. The minimum absolute atomic E-state index is 0. The third kappa shape index (κ3) is 4.80. The van der Waals surface area contributed by atoms with Crippen LogP contribution in [0.15, 0.2) is 18.2 Å². The van der Waals surface area contributed by atoms with E-state index in [9.17, 15) is 10.1 Å². The first kappa shape index (κ1) is 17.2. The number of nitro benzene ring substituents is 1. The predicted octanol–water partition coefficient (Wildman–Crippen LogP) is 4.25. The Labute approximate surface area is 118 Å². The predicted molar refractivity (Wildman–Crippen MR) is 76.4 cm³/mol. The van der Waals surface area contributed by atoms with Crippen molar-refractivity contribution in [2.75, 3.05) is 0 Å². The topological polar surface area (TPSA) is 69.2 Å². The Bertz CT molecular complexity index is 400. The molecule has 102 valence electrons. The number of hydrogen-bond donors (Lipinski definition) is 1. The van der Waals surface area contributed by atoms with Crippen LogP contribution in [-0.2, 0) is 0 Å². The van der Waals surface area contributed by atoms with E-state index < -0.39 is 4.92 Å². The summed E-state index contributed by atoms with van der Waals surface area (Å²) < 4.78 is 0. The minimum Gasteiger partial charge on any atom is -0.324 e. The van der Waals surface area contributed by atoms with Crippen molar-refractivity contribution in [1.82, 2.24) is 0 Å². The van der Waals surface area contributed by atoms with E-state index in [0.717, 1.165) is 25.7 Å². The van der Waals surface area contributed by atoms with Gasteiger partial charge in [-0.3, -0.25) is 10.1 Å². The molecule has 0 fully saturated rings. The summed E-state index contributed by atoms with van der Waals surface area (Å²) in [5.41, 5.74) is 6.56. The second kappa shape index (κ2) is 8.29. The fourth-order valence-corrected chi connectivity index (χ4v) is 1.94. The van der Waals surface area contributed by atoms with Crippen molar-refractivity contribution >= 4 is 29.7 Å². The molecule has 4 nitrogen and oxygen atoms in total. The lowest BCUT2D eigenvalue weighted by atomic mass is 10.00. The molecule has 1 atom stereocenters. The average Bonchev–Trinajstić information content (AvgIpc) is 2.28. The Morgan fingerprint density at radius 3 is 2.67 bits per heavy atom. The van der Waals surface area contributed by atoms with Gasteiger partial charge in [0.2, 0.25) is 0 Å². The standard InChI is InChI=1S/C12H17ClN2O2.ClH/c1-2-3-4-5-11(14)10-8-9(13)6-7-12(10)15(16)17;/h6-8,11H,2-5,14H2,1H3;1H/t11-;/m1./s1. The van der Waals surface area contributed by atoms with Crippen molar-refractivity contribution in [1.29, 1.82) is 0 Å². The Kier molecular flexibility index (Phi) is 7.91. The molecule has 1 aromatic rings. The van der Waals surface area contributed by atoms with Crippen molar-refractivity contribution < 1.29 is 4.92 Å². The largest absolute Gasteiger partial charge is 0.324 e. The van der Waals surface area contributed by atoms with Gasteiger partial charge < -0.3 is 5.73 Å². The first-order chi connectivity index (χ1) is 8.06.